The first-order valence-electron chi connectivity index (χ1n) is 9.57. The highest BCUT2D eigenvalue weighted by Gasteiger charge is 2.31. The minimum atomic E-state index is -3.88. The fourth-order valence-electron chi connectivity index (χ4n) is 3.46. The van der Waals surface area contributed by atoms with E-state index in [0.717, 1.165) is 33.3 Å². The fourth-order valence-corrected chi connectivity index (χ4v) is 4.63. The van der Waals surface area contributed by atoms with Crippen LogP contribution in [0.5, 0.6) is 0 Å². The lowest BCUT2D eigenvalue weighted by Crippen LogP contribution is -2.48. The number of aryl methyl sites for hydroxylation is 2. The van der Waals surface area contributed by atoms with Gasteiger partial charge in [-0.2, -0.15) is 0 Å². The Balaban J connectivity index is 2.36. The number of benzene rings is 2. The van der Waals surface area contributed by atoms with Crippen molar-refractivity contribution in [3.05, 3.63) is 69.3 Å². The van der Waals surface area contributed by atoms with E-state index in [1.54, 1.807) is 0 Å². The molecule has 0 heterocycles. The molecule has 2 rings (SSSR count). The zero-order chi connectivity index (χ0) is 22.6. The van der Waals surface area contributed by atoms with Crippen LogP contribution in [0.25, 0.3) is 0 Å². The molecule has 1 N–H and O–H groups in total. The van der Waals surface area contributed by atoms with Gasteiger partial charge in [-0.05, 0) is 44.4 Å². The van der Waals surface area contributed by atoms with E-state index >= 15 is 0 Å². The normalized spacial score (nSPS) is 13.4. The van der Waals surface area contributed by atoms with Crippen molar-refractivity contribution in [2.75, 3.05) is 10.6 Å². The van der Waals surface area contributed by atoms with Crippen molar-refractivity contribution in [2.45, 2.75) is 46.2 Å². The van der Waals surface area contributed by atoms with Crippen LogP contribution in [0.2, 0.25) is 0 Å². The molecule has 0 bridgehead atoms. The summed E-state index contributed by atoms with van der Waals surface area (Å²) in [6.07, 6.45) is 1.59. The number of nitro groups is 1. The van der Waals surface area contributed by atoms with Gasteiger partial charge in [-0.15, -0.1) is 0 Å². The molecule has 8 nitrogen and oxygen atoms in total. The summed E-state index contributed by atoms with van der Waals surface area (Å²) in [6.45, 7) is 7.35. The molecule has 0 aliphatic carbocycles. The molecule has 30 heavy (non-hydrogen) atoms. The van der Waals surface area contributed by atoms with E-state index in [1.807, 2.05) is 39.0 Å². The number of carbonyl (C=O) groups excluding carboxylic acids is 1. The Hall–Kier alpha value is -2.94. The highest BCUT2D eigenvalue weighted by Crippen LogP contribution is 2.26. The quantitative estimate of drug-likeness (QED) is 0.505. The number of non-ortho nitro benzene ring substituents is 1. The summed E-state index contributed by atoms with van der Waals surface area (Å²) in [4.78, 5) is 23.5. The monoisotopic (exact) mass is 433 g/mol. The smallest absolute Gasteiger partial charge is 0.271 e. The molecule has 0 spiro atoms. The molecular formula is C21H27N3O5S. The van der Waals surface area contributed by atoms with Crippen LogP contribution in [-0.2, 0) is 14.8 Å². The van der Waals surface area contributed by atoms with Gasteiger partial charge in [0, 0.05) is 12.1 Å². The van der Waals surface area contributed by atoms with Crippen LogP contribution in [0.15, 0.2) is 42.5 Å². The molecule has 0 aliphatic heterocycles. The molecule has 0 saturated heterocycles. The summed E-state index contributed by atoms with van der Waals surface area (Å²) in [5, 5.41) is 14.0. The van der Waals surface area contributed by atoms with Crippen LogP contribution in [0.3, 0.4) is 0 Å². The Bertz CT molecular complexity index is 1050. The van der Waals surface area contributed by atoms with Crippen LogP contribution in [0, 0.1) is 24.0 Å². The highest BCUT2D eigenvalue weighted by atomic mass is 32.2. The van der Waals surface area contributed by atoms with Gasteiger partial charge in [-0.25, -0.2) is 8.42 Å². The minimum absolute atomic E-state index is 0.0638. The summed E-state index contributed by atoms with van der Waals surface area (Å²) in [5.41, 5.74) is 2.92. The Kier molecular flexibility index (Phi) is 7.20. The van der Waals surface area contributed by atoms with Crippen molar-refractivity contribution >= 4 is 27.3 Å². The predicted octanol–water partition coefficient (Wildman–Crippen LogP) is 3.63. The number of nitrogens with one attached hydrogen (secondary N) is 1. The first-order chi connectivity index (χ1) is 14.0. The van der Waals surface area contributed by atoms with Gasteiger partial charge in [0.05, 0.1) is 22.9 Å². The summed E-state index contributed by atoms with van der Waals surface area (Å²) >= 11 is 0. The van der Waals surface area contributed by atoms with Crippen LogP contribution in [-0.4, -0.2) is 31.5 Å². The lowest BCUT2D eigenvalue weighted by atomic mass is 9.97. The molecule has 9 heteroatoms. The third-order valence-electron chi connectivity index (χ3n) is 4.91. The molecule has 2 atom stereocenters. The minimum Gasteiger partial charge on any atom is -0.347 e. The largest absolute Gasteiger partial charge is 0.347 e. The second kappa shape index (κ2) is 9.25. The van der Waals surface area contributed by atoms with E-state index < -0.39 is 26.9 Å². The van der Waals surface area contributed by atoms with Gasteiger partial charge in [0.25, 0.3) is 5.69 Å². The fraction of sp³-hybridized carbons (Fsp3) is 0.381. The third kappa shape index (κ3) is 5.35. The Labute approximate surface area is 177 Å². The average Bonchev–Trinajstić information content (AvgIpc) is 2.65. The molecule has 2 unspecified atom stereocenters. The van der Waals surface area contributed by atoms with Crippen molar-refractivity contribution in [1.82, 2.24) is 5.32 Å². The molecule has 162 valence electrons. The topological polar surface area (TPSA) is 110 Å². The van der Waals surface area contributed by atoms with Crippen molar-refractivity contribution in [3.8, 4) is 0 Å². The van der Waals surface area contributed by atoms with E-state index in [9.17, 15) is 23.3 Å². The van der Waals surface area contributed by atoms with Crippen LogP contribution < -0.4 is 9.62 Å². The zero-order valence-corrected chi connectivity index (χ0v) is 18.6. The van der Waals surface area contributed by atoms with Crippen LogP contribution in [0.4, 0.5) is 11.4 Å². The van der Waals surface area contributed by atoms with Crippen LogP contribution >= 0.6 is 0 Å². The molecule has 0 fully saturated rings. The number of sulfonamides is 1. The Morgan fingerprint density at radius 2 is 1.87 bits per heavy atom. The van der Waals surface area contributed by atoms with Crippen LogP contribution in [0.1, 0.15) is 43.0 Å². The van der Waals surface area contributed by atoms with Gasteiger partial charge in [0.2, 0.25) is 15.9 Å². The number of nitro benzene ring substituents is 1. The molecule has 0 radical (unpaired) electrons. The number of nitrogens with zero attached hydrogens (tertiary/aromatic N) is 2. The van der Waals surface area contributed by atoms with Crippen molar-refractivity contribution in [1.29, 1.82) is 0 Å². The van der Waals surface area contributed by atoms with Crippen molar-refractivity contribution in [2.24, 2.45) is 0 Å². The molecule has 1 amide bonds. The van der Waals surface area contributed by atoms with Crippen molar-refractivity contribution in [3.63, 3.8) is 0 Å². The lowest BCUT2D eigenvalue weighted by Gasteiger charge is -2.30. The molecule has 0 aliphatic rings. The highest BCUT2D eigenvalue weighted by molar-refractivity contribution is 7.92. The van der Waals surface area contributed by atoms with E-state index in [1.165, 1.54) is 25.1 Å². The number of hydrogen-bond donors (Lipinski definition) is 1. The first-order valence-corrected chi connectivity index (χ1v) is 11.4. The third-order valence-corrected chi connectivity index (χ3v) is 6.15. The number of hydrogen-bond acceptors (Lipinski definition) is 5. The van der Waals surface area contributed by atoms with Gasteiger partial charge in [0.1, 0.15) is 6.04 Å². The molecule has 0 aromatic heterocycles. The molecule has 0 saturated carbocycles. The van der Waals surface area contributed by atoms with Gasteiger partial charge >= 0.3 is 0 Å². The van der Waals surface area contributed by atoms with E-state index in [2.05, 4.69) is 5.32 Å². The average molecular weight is 434 g/mol. The first kappa shape index (κ1) is 23.3. The van der Waals surface area contributed by atoms with Crippen molar-refractivity contribution < 1.29 is 18.1 Å². The zero-order valence-electron chi connectivity index (χ0n) is 17.7. The van der Waals surface area contributed by atoms with E-state index in [4.69, 9.17) is 0 Å². The number of amides is 1. The second-order valence-electron chi connectivity index (χ2n) is 7.34. The second-order valence-corrected chi connectivity index (χ2v) is 9.20. The maximum atomic E-state index is 13.0. The maximum absolute atomic E-state index is 13.0. The van der Waals surface area contributed by atoms with Gasteiger partial charge in [0.15, 0.2) is 0 Å². The Morgan fingerprint density at radius 1 is 1.20 bits per heavy atom. The van der Waals surface area contributed by atoms with E-state index in [-0.39, 0.29) is 17.4 Å². The number of anilines is 1. The summed E-state index contributed by atoms with van der Waals surface area (Å²) < 4.78 is 25.8. The Morgan fingerprint density at radius 3 is 2.40 bits per heavy atom. The maximum Gasteiger partial charge on any atom is 0.271 e. The lowest BCUT2D eigenvalue weighted by molar-refractivity contribution is -0.384. The summed E-state index contributed by atoms with van der Waals surface area (Å²) in [7, 11) is -3.88. The molecule has 2 aromatic rings. The van der Waals surface area contributed by atoms with Gasteiger partial charge < -0.3 is 5.32 Å². The standard InChI is InChI=1S/C21H27N3O5S/c1-6-20(19-11-10-14(2)12-15(19)3)22-21(25)16(4)23(30(5,28)29)17-8-7-9-18(13-17)24(26)27/h7-13,16,20H,6H2,1-5H3,(H,22,25). The van der Waals surface area contributed by atoms with Gasteiger partial charge in [-0.1, -0.05) is 36.8 Å². The summed E-state index contributed by atoms with van der Waals surface area (Å²) in [5.74, 6) is -0.487. The van der Waals surface area contributed by atoms with Gasteiger partial charge in [-0.3, -0.25) is 19.2 Å². The number of carbonyl (C=O) groups is 1. The molecular weight excluding hydrogens is 406 g/mol. The SMILES string of the molecule is CCC(NC(=O)C(C)N(c1cccc([N+](=O)[O-])c1)S(C)(=O)=O)c1ccc(C)cc1C. The summed E-state index contributed by atoms with van der Waals surface area (Å²) in [6, 6.07) is 9.80. The predicted molar refractivity (Wildman–Crippen MR) is 117 cm³/mol. The van der Waals surface area contributed by atoms with E-state index in [0.29, 0.717) is 6.42 Å². The number of rotatable bonds is 8. The molecule has 2 aromatic carbocycles.